The van der Waals surface area contributed by atoms with E-state index in [0.717, 1.165) is 24.8 Å². The van der Waals surface area contributed by atoms with Crippen LogP contribution in [0.3, 0.4) is 0 Å². The van der Waals surface area contributed by atoms with Gasteiger partial charge in [-0.15, -0.1) is 0 Å². The molecule has 3 aliphatic rings. The summed E-state index contributed by atoms with van der Waals surface area (Å²) in [6, 6.07) is 20.5. The number of rotatable bonds is 4. The number of hydrogen-bond donors (Lipinski definition) is 1. The second-order valence-corrected chi connectivity index (χ2v) is 7.75. The molecular weight excluding hydrogens is 328 g/mol. The Hall–Kier alpha value is -1.72. The Morgan fingerprint density at radius 3 is 2.46 bits per heavy atom. The van der Waals surface area contributed by atoms with Crippen LogP contribution in [-0.4, -0.2) is 36.1 Å². The summed E-state index contributed by atoms with van der Waals surface area (Å²) < 4.78 is 18.8. The number of benzene rings is 2. The van der Waals surface area contributed by atoms with Crippen molar-refractivity contribution in [2.24, 2.45) is 5.92 Å². The molecule has 0 bridgehead atoms. The normalized spacial score (nSPS) is 38.3. The van der Waals surface area contributed by atoms with Crippen molar-refractivity contribution in [1.82, 2.24) is 0 Å². The molecule has 3 fully saturated rings. The van der Waals surface area contributed by atoms with Crippen molar-refractivity contribution in [3.05, 3.63) is 71.8 Å². The van der Waals surface area contributed by atoms with Crippen LogP contribution in [0.4, 0.5) is 0 Å². The van der Waals surface area contributed by atoms with Gasteiger partial charge in [0, 0.05) is 12.0 Å². The number of hydrogen-bond acceptors (Lipinski definition) is 4. The molecule has 5 atom stereocenters. The summed E-state index contributed by atoms with van der Waals surface area (Å²) in [6.45, 7) is 0.583. The Kier molecular flexibility index (Phi) is 3.90. The lowest BCUT2D eigenvalue weighted by Crippen LogP contribution is -2.53. The first-order chi connectivity index (χ1) is 12.7. The summed E-state index contributed by atoms with van der Waals surface area (Å²) in [5, 5.41) is 11.0. The van der Waals surface area contributed by atoms with Gasteiger partial charge in [-0.2, -0.15) is 0 Å². The van der Waals surface area contributed by atoms with Crippen molar-refractivity contribution >= 4 is 0 Å². The number of aryl methyl sites for hydroxylation is 1. The largest absolute Gasteiger partial charge is 0.384 e. The summed E-state index contributed by atoms with van der Waals surface area (Å²) >= 11 is 0. The topological polar surface area (TPSA) is 47.9 Å². The van der Waals surface area contributed by atoms with Gasteiger partial charge in [0.25, 0.3) is 0 Å². The molecule has 3 saturated heterocycles. The average Bonchev–Trinajstić information content (AvgIpc) is 3.19. The lowest BCUT2D eigenvalue weighted by Gasteiger charge is -2.45. The molecule has 3 heterocycles. The molecule has 0 saturated carbocycles. The van der Waals surface area contributed by atoms with Crippen LogP contribution < -0.4 is 0 Å². The summed E-state index contributed by atoms with van der Waals surface area (Å²) in [5.74, 6) is -1.08. The fourth-order valence-electron chi connectivity index (χ4n) is 4.85. The highest BCUT2D eigenvalue weighted by Crippen LogP contribution is 2.57. The SMILES string of the molecule is O[C@@]12CO[C@H]3C[C@H](CCc4ccccc4)O[C@@](c4ccccc4)(OC1)[C@H]32. The standard InChI is InChI=1S/C22H24O4/c23-21-14-24-19-13-18(12-11-16-7-3-1-4-8-16)26-22(20(19)21,25-15-21)17-9-5-2-6-10-17/h1-10,18-20,23H,11-15H2/t18-,19-,20+,21-,22+/m0/s1. The zero-order valence-electron chi connectivity index (χ0n) is 14.7. The first-order valence-corrected chi connectivity index (χ1v) is 9.45. The van der Waals surface area contributed by atoms with E-state index in [1.165, 1.54) is 5.56 Å². The molecule has 5 rings (SSSR count). The maximum absolute atomic E-state index is 11.0. The molecule has 0 amide bonds. The predicted molar refractivity (Wildman–Crippen MR) is 96.5 cm³/mol. The Bertz CT molecular complexity index is 764. The van der Waals surface area contributed by atoms with E-state index in [4.69, 9.17) is 14.2 Å². The van der Waals surface area contributed by atoms with Gasteiger partial charge in [0.05, 0.1) is 31.3 Å². The first-order valence-electron chi connectivity index (χ1n) is 9.45. The Morgan fingerprint density at radius 1 is 0.962 bits per heavy atom. The maximum Gasteiger partial charge on any atom is 0.203 e. The van der Waals surface area contributed by atoms with Crippen molar-refractivity contribution in [3.8, 4) is 0 Å². The van der Waals surface area contributed by atoms with Crippen LogP contribution in [0, 0.1) is 5.92 Å². The molecule has 4 heteroatoms. The highest BCUT2D eigenvalue weighted by atomic mass is 16.7. The minimum atomic E-state index is -0.953. The van der Waals surface area contributed by atoms with E-state index in [1.54, 1.807) is 0 Å². The molecule has 2 aromatic rings. The molecule has 0 spiro atoms. The van der Waals surface area contributed by atoms with Crippen molar-refractivity contribution in [3.63, 3.8) is 0 Å². The van der Waals surface area contributed by atoms with Crippen LogP contribution in [0.25, 0.3) is 0 Å². The molecule has 26 heavy (non-hydrogen) atoms. The van der Waals surface area contributed by atoms with Gasteiger partial charge in [-0.25, -0.2) is 0 Å². The van der Waals surface area contributed by atoms with Gasteiger partial charge in [0.1, 0.15) is 5.60 Å². The van der Waals surface area contributed by atoms with E-state index in [1.807, 2.05) is 36.4 Å². The van der Waals surface area contributed by atoms with E-state index < -0.39 is 11.4 Å². The van der Waals surface area contributed by atoms with Crippen molar-refractivity contribution in [1.29, 1.82) is 0 Å². The van der Waals surface area contributed by atoms with Crippen LogP contribution in [0.1, 0.15) is 24.0 Å². The third kappa shape index (κ3) is 2.52. The lowest BCUT2D eigenvalue weighted by molar-refractivity contribution is -0.303. The summed E-state index contributed by atoms with van der Waals surface area (Å²) in [7, 11) is 0. The van der Waals surface area contributed by atoms with E-state index in [-0.39, 0.29) is 24.7 Å². The Labute approximate surface area is 153 Å². The summed E-state index contributed by atoms with van der Waals surface area (Å²) in [4.78, 5) is 0. The van der Waals surface area contributed by atoms with Crippen LogP contribution in [0.15, 0.2) is 60.7 Å². The van der Waals surface area contributed by atoms with Gasteiger partial charge in [0.2, 0.25) is 5.79 Å². The van der Waals surface area contributed by atoms with Gasteiger partial charge in [-0.1, -0.05) is 60.7 Å². The second kappa shape index (κ2) is 6.17. The zero-order valence-corrected chi connectivity index (χ0v) is 14.7. The average molecular weight is 352 g/mol. The number of ether oxygens (including phenoxy) is 3. The van der Waals surface area contributed by atoms with Gasteiger partial charge >= 0.3 is 0 Å². The molecule has 0 unspecified atom stereocenters. The third-order valence-corrected chi connectivity index (χ3v) is 6.05. The quantitative estimate of drug-likeness (QED) is 0.919. The lowest BCUT2D eigenvalue weighted by atomic mass is 9.76. The minimum Gasteiger partial charge on any atom is -0.384 e. The highest BCUT2D eigenvalue weighted by Gasteiger charge is 2.69. The minimum absolute atomic E-state index is 0.0303. The molecule has 136 valence electrons. The maximum atomic E-state index is 11.0. The predicted octanol–water partition coefficient (Wildman–Crippen LogP) is 3.04. The smallest absolute Gasteiger partial charge is 0.203 e. The summed E-state index contributed by atoms with van der Waals surface area (Å²) in [6.07, 6.45) is 2.68. The van der Waals surface area contributed by atoms with E-state index in [9.17, 15) is 5.11 Å². The second-order valence-electron chi connectivity index (χ2n) is 7.75. The molecule has 0 radical (unpaired) electrons. The van der Waals surface area contributed by atoms with Crippen LogP contribution in [-0.2, 0) is 26.4 Å². The highest BCUT2D eigenvalue weighted by molar-refractivity contribution is 5.27. The van der Waals surface area contributed by atoms with E-state index in [2.05, 4.69) is 24.3 Å². The van der Waals surface area contributed by atoms with Gasteiger partial charge in [-0.3, -0.25) is 0 Å². The fourth-order valence-corrected chi connectivity index (χ4v) is 4.85. The molecule has 1 N–H and O–H groups in total. The molecule has 0 aromatic heterocycles. The summed E-state index contributed by atoms with van der Waals surface area (Å²) in [5.41, 5.74) is 1.33. The van der Waals surface area contributed by atoms with E-state index >= 15 is 0 Å². The third-order valence-electron chi connectivity index (χ3n) is 6.05. The first kappa shape index (κ1) is 16.5. The zero-order chi connectivity index (χ0) is 17.6. The molecule has 0 aliphatic carbocycles. The van der Waals surface area contributed by atoms with Crippen LogP contribution in [0.5, 0.6) is 0 Å². The molecule has 2 aromatic carbocycles. The van der Waals surface area contributed by atoms with Crippen LogP contribution >= 0.6 is 0 Å². The van der Waals surface area contributed by atoms with E-state index in [0.29, 0.717) is 6.61 Å². The van der Waals surface area contributed by atoms with Gasteiger partial charge in [0.15, 0.2) is 0 Å². The Balaban J connectivity index is 1.44. The van der Waals surface area contributed by atoms with Gasteiger partial charge < -0.3 is 19.3 Å². The van der Waals surface area contributed by atoms with Gasteiger partial charge in [-0.05, 0) is 18.4 Å². The van der Waals surface area contributed by atoms with Crippen molar-refractivity contribution < 1.29 is 19.3 Å². The molecule has 4 nitrogen and oxygen atoms in total. The molecule has 3 aliphatic heterocycles. The van der Waals surface area contributed by atoms with Crippen LogP contribution in [0.2, 0.25) is 0 Å². The number of aliphatic hydroxyl groups is 1. The molecular formula is C22H24O4. The van der Waals surface area contributed by atoms with Crippen molar-refractivity contribution in [2.45, 2.75) is 42.9 Å². The monoisotopic (exact) mass is 352 g/mol. The fraction of sp³-hybridized carbons (Fsp3) is 0.455. The van der Waals surface area contributed by atoms with Crippen molar-refractivity contribution in [2.75, 3.05) is 13.2 Å². The Morgan fingerprint density at radius 2 is 1.69 bits per heavy atom.